The van der Waals surface area contributed by atoms with Gasteiger partial charge in [-0.3, -0.25) is 9.69 Å². The van der Waals surface area contributed by atoms with Gasteiger partial charge in [0.1, 0.15) is 18.1 Å². The number of imide groups is 1. The normalized spacial score (nSPS) is 14.0. The van der Waals surface area contributed by atoms with Gasteiger partial charge in [0.25, 0.3) is 5.91 Å². The van der Waals surface area contributed by atoms with Gasteiger partial charge in [-0.1, -0.05) is 28.1 Å². The quantitative estimate of drug-likeness (QED) is 0.214. The zero-order valence-electron chi connectivity index (χ0n) is 20.1. The fraction of sp³-hybridized carbons (Fsp3) is 0.154. The van der Waals surface area contributed by atoms with Crippen molar-refractivity contribution >= 4 is 45.9 Å². The number of carboxylic acid groups (broad SMARTS) is 1. The number of nitrogens with zero attached hydrogens (tertiary/aromatic N) is 1. The number of aromatic carboxylic acids is 1. The van der Waals surface area contributed by atoms with Crippen LogP contribution in [0, 0.1) is 0 Å². The van der Waals surface area contributed by atoms with Crippen LogP contribution in [-0.2, 0) is 22.7 Å². The molecule has 3 aromatic rings. The van der Waals surface area contributed by atoms with E-state index in [-0.39, 0.29) is 35.9 Å². The van der Waals surface area contributed by atoms with Gasteiger partial charge in [-0.05, 0) is 48.0 Å². The molecule has 2 heterocycles. The van der Waals surface area contributed by atoms with Crippen molar-refractivity contribution in [1.29, 1.82) is 0 Å². The molecule has 1 aromatic heterocycles. The molecule has 0 unspecified atom stereocenters. The molecule has 38 heavy (non-hydrogen) atoms. The number of hydrogen-bond donors (Lipinski definition) is 2. The molecule has 0 aliphatic carbocycles. The molecule has 0 saturated carbocycles. The Morgan fingerprint density at radius 2 is 1.84 bits per heavy atom. The maximum Gasteiger partial charge on any atom is 0.373 e. The number of furan rings is 1. The number of ether oxygens (including phenoxy) is 3. The van der Waals surface area contributed by atoms with Crippen molar-refractivity contribution in [2.45, 2.75) is 13.2 Å². The highest BCUT2D eigenvalue weighted by Crippen LogP contribution is 2.37. The van der Waals surface area contributed by atoms with Crippen LogP contribution in [-0.4, -0.2) is 48.1 Å². The number of rotatable bonds is 9. The highest BCUT2D eigenvalue weighted by molar-refractivity contribution is 9.10. The summed E-state index contributed by atoms with van der Waals surface area (Å²) in [6.45, 7) is -0.113. The van der Waals surface area contributed by atoms with Crippen molar-refractivity contribution < 1.29 is 42.9 Å². The monoisotopic (exact) mass is 584 g/mol. The van der Waals surface area contributed by atoms with Gasteiger partial charge in [0, 0.05) is 10.0 Å². The van der Waals surface area contributed by atoms with Gasteiger partial charge in [-0.2, -0.15) is 0 Å². The summed E-state index contributed by atoms with van der Waals surface area (Å²) >= 11 is 3.40. The van der Waals surface area contributed by atoms with Gasteiger partial charge in [0.15, 0.2) is 11.5 Å². The number of carbonyl (C=O) groups is 4. The number of carboxylic acids is 1. The highest BCUT2D eigenvalue weighted by atomic mass is 79.9. The summed E-state index contributed by atoms with van der Waals surface area (Å²) in [7, 11) is 2.67. The summed E-state index contributed by atoms with van der Waals surface area (Å²) in [5.41, 5.74) is 1.29. The fourth-order valence-electron chi connectivity index (χ4n) is 3.60. The SMILES string of the molecule is COC(=O)c1ccc(CN2C(=O)N/C(=C/c3cc(Br)cc(OC)c3OCc3ccc(C(=O)O)cc3)C2=O)o1. The zero-order valence-corrected chi connectivity index (χ0v) is 21.7. The predicted molar refractivity (Wildman–Crippen MR) is 136 cm³/mol. The minimum atomic E-state index is -1.03. The second-order valence-corrected chi connectivity index (χ2v) is 8.87. The number of nitrogens with one attached hydrogen (secondary N) is 1. The molecule has 11 nitrogen and oxygen atoms in total. The predicted octanol–water partition coefficient (Wildman–Crippen LogP) is 4.21. The number of esters is 1. The molecule has 1 aliphatic heterocycles. The van der Waals surface area contributed by atoms with E-state index in [9.17, 15) is 19.2 Å². The average Bonchev–Trinajstić information content (AvgIpc) is 3.48. The lowest BCUT2D eigenvalue weighted by molar-refractivity contribution is -0.123. The third kappa shape index (κ3) is 5.70. The first-order valence-electron chi connectivity index (χ1n) is 11.0. The van der Waals surface area contributed by atoms with Crippen molar-refractivity contribution in [2.75, 3.05) is 14.2 Å². The number of methoxy groups -OCH3 is 2. The molecule has 2 N–H and O–H groups in total. The van der Waals surface area contributed by atoms with Crippen molar-refractivity contribution in [3.05, 3.63) is 86.9 Å². The Hall–Kier alpha value is -4.58. The van der Waals surface area contributed by atoms with Gasteiger partial charge in [0.05, 0.1) is 26.3 Å². The van der Waals surface area contributed by atoms with E-state index >= 15 is 0 Å². The van der Waals surface area contributed by atoms with Gasteiger partial charge < -0.3 is 29.1 Å². The smallest absolute Gasteiger partial charge is 0.373 e. The molecular weight excluding hydrogens is 564 g/mol. The van der Waals surface area contributed by atoms with Crippen LogP contribution in [0.25, 0.3) is 6.08 Å². The second kappa shape index (κ2) is 11.2. The molecule has 0 radical (unpaired) electrons. The molecular formula is C26H21BrN2O9. The first-order valence-corrected chi connectivity index (χ1v) is 11.8. The van der Waals surface area contributed by atoms with E-state index in [0.29, 0.717) is 27.1 Å². The van der Waals surface area contributed by atoms with Crippen LogP contribution in [0.1, 0.15) is 37.8 Å². The lowest BCUT2D eigenvalue weighted by Gasteiger charge is -2.15. The summed E-state index contributed by atoms with van der Waals surface area (Å²) in [4.78, 5) is 49.2. The van der Waals surface area contributed by atoms with Crippen LogP contribution < -0.4 is 14.8 Å². The maximum absolute atomic E-state index is 13.0. The van der Waals surface area contributed by atoms with E-state index in [0.717, 1.165) is 4.90 Å². The van der Waals surface area contributed by atoms with Crippen LogP contribution in [0.15, 0.2) is 63.1 Å². The van der Waals surface area contributed by atoms with Crippen molar-refractivity contribution in [3.8, 4) is 11.5 Å². The van der Waals surface area contributed by atoms with Crippen LogP contribution in [0.2, 0.25) is 0 Å². The Labute approximate surface area is 224 Å². The molecule has 1 fully saturated rings. The molecule has 2 aromatic carbocycles. The summed E-state index contributed by atoms with van der Waals surface area (Å²) in [6, 6.07) is 11.8. The van der Waals surface area contributed by atoms with E-state index in [4.69, 9.17) is 19.0 Å². The van der Waals surface area contributed by atoms with Gasteiger partial charge in [-0.25, -0.2) is 14.4 Å². The van der Waals surface area contributed by atoms with Gasteiger partial charge in [-0.15, -0.1) is 0 Å². The second-order valence-electron chi connectivity index (χ2n) is 7.95. The standard InChI is InChI=1S/C26H21BrN2O9/c1-35-21-11-17(27)9-16(22(21)37-13-14-3-5-15(6-4-14)24(31)32)10-19-23(30)29(26(34)28-19)12-18-7-8-20(38-18)25(33)36-2/h3-11H,12-13H2,1-2H3,(H,28,34)(H,31,32)/b19-10+. The van der Waals surface area contributed by atoms with E-state index < -0.39 is 23.9 Å². The topological polar surface area (TPSA) is 145 Å². The number of urea groups is 1. The van der Waals surface area contributed by atoms with E-state index in [2.05, 4.69) is 26.0 Å². The Morgan fingerprint density at radius 1 is 1.11 bits per heavy atom. The third-order valence-corrected chi connectivity index (χ3v) is 5.93. The lowest BCUT2D eigenvalue weighted by Crippen LogP contribution is -2.30. The van der Waals surface area contributed by atoms with Crippen molar-refractivity contribution in [1.82, 2.24) is 10.2 Å². The molecule has 4 rings (SSSR count). The van der Waals surface area contributed by atoms with E-state index in [1.165, 1.54) is 44.6 Å². The number of benzene rings is 2. The largest absolute Gasteiger partial charge is 0.493 e. The van der Waals surface area contributed by atoms with E-state index in [1.807, 2.05) is 0 Å². The van der Waals surface area contributed by atoms with Crippen LogP contribution in [0.5, 0.6) is 11.5 Å². The number of amides is 3. The minimum absolute atomic E-state index is 0.00874. The zero-order chi connectivity index (χ0) is 27.4. The third-order valence-electron chi connectivity index (χ3n) is 5.48. The first kappa shape index (κ1) is 26.5. The number of hydrogen-bond acceptors (Lipinski definition) is 8. The molecule has 196 valence electrons. The van der Waals surface area contributed by atoms with Crippen LogP contribution in [0.4, 0.5) is 4.79 Å². The molecule has 3 amide bonds. The van der Waals surface area contributed by atoms with Gasteiger partial charge in [0.2, 0.25) is 5.76 Å². The molecule has 0 bridgehead atoms. The Kier molecular flexibility index (Phi) is 7.82. The van der Waals surface area contributed by atoms with Gasteiger partial charge >= 0.3 is 18.0 Å². The Morgan fingerprint density at radius 3 is 2.50 bits per heavy atom. The summed E-state index contributed by atoms with van der Waals surface area (Å²) in [5, 5.41) is 11.6. The molecule has 12 heteroatoms. The lowest BCUT2D eigenvalue weighted by atomic mass is 10.1. The number of carbonyl (C=O) groups excluding carboxylic acids is 3. The maximum atomic E-state index is 13.0. The van der Waals surface area contributed by atoms with E-state index in [1.54, 1.807) is 24.3 Å². The summed E-state index contributed by atoms with van der Waals surface area (Å²) < 4.78 is 22.1. The number of halogens is 1. The molecule has 1 saturated heterocycles. The first-order chi connectivity index (χ1) is 18.2. The summed E-state index contributed by atoms with van der Waals surface area (Å²) in [6.07, 6.45) is 1.46. The Balaban J connectivity index is 1.57. The van der Waals surface area contributed by atoms with Crippen LogP contribution in [0.3, 0.4) is 0 Å². The molecule has 0 spiro atoms. The Bertz CT molecular complexity index is 1440. The van der Waals surface area contributed by atoms with Crippen molar-refractivity contribution in [2.24, 2.45) is 0 Å². The fourth-order valence-corrected chi connectivity index (χ4v) is 4.06. The summed E-state index contributed by atoms with van der Waals surface area (Å²) in [5.74, 6) is -1.48. The molecule has 1 aliphatic rings. The molecule has 0 atom stereocenters. The highest BCUT2D eigenvalue weighted by Gasteiger charge is 2.35. The average molecular weight is 585 g/mol. The minimum Gasteiger partial charge on any atom is -0.493 e. The van der Waals surface area contributed by atoms with Crippen LogP contribution >= 0.6 is 15.9 Å². The van der Waals surface area contributed by atoms with Crippen molar-refractivity contribution in [3.63, 3.8) is 0 Å².